The molecule has 1 aromatic carbocycles. The number of carbonyl (C=O) groups is 1. The highest BCUT2D eigenvalue weighted by atomic mass is 16.5. The SMILES string of the molecule is CCOC(=O)c1ccc(=O)n(C2=CC(C)(C)Oc3ccc(C#N)cc32)n1. The monoisotopic (exact) mass is 351 g/mol. The quantitative estimate of drug-likeness (QED) is 0.788. The van der Waals surface area contributed by atoms with Crippen LogP contribution in [0.4, 0.5) is 0 Å². The summed E-state index contributed by atoms with van der Waals surface area (Å²) in [4.78, 5) is 24.4. The van der Waals surface area contributed by atoms with Gasteiger partial charge in [-0.15, -0.1) is 0 Å². The maximum Gasteiger partial charge on any atom is 0.358 e. The number of ether oxygens (including phenoxy) is 2. The van der Waals surface area contributed by atoms with Gasteiger partial charge in [-0.2, -0.15) is 15.0 Å². The number of carbonyl (C=O) groups excluding carboxylic acids is 1. The molecule has 2 heterocycles. The molecule has 0 saturated carbocycles. The highest BCUT2D eigenvalue weighted by molar-refractivity contribution is 5.87. The summed E-state index contributed by atoms with van der Waals surface area (Å²) >= 11 is 0. The second-order valence-corrected chi connectivity index (χ2v) is 6.25. The molecule has 0 amide bonds. The van der Waals surface area contributed by atoms with Crippen LogP contribution in [0.2, 0.25) is 0 Å². The minimum Gasteiger partial charge on any atom is -0.483 e. The summed E-state index contributed by atoms with van der Waals surface area (Å²) < 4.78 is 12.0. The van der Waals surface area contributed by atoms with Gasteiger partial charge >= 0.3 is 5.97 Å². The van der Waals surface area contributed by atoms with E-state index in [0.29, 0.717) is 22.6 Å². The second kappa shape index (κ2) is 6.48. The molecule has 26 heavy (non-hydrogen) atoms. The Kier molecular flexibility index (Phi) is 4.34. The van der Waals surface area contributed by atoms with Crippen molar-refractivity contribution in [3.63, 3.8) is 0 Å². The largest absolute Gasteiger partial charge is 0.483 e. The molecule has 1 aliphatic rings. The minimum absolute atomic E-state index is 0.0228. The number of aromatic nitrogens is 2. The number of benzene rings is 1. The number of fused-ring (bicyclic) bond motifs is 1. The van der Waals surface area contributed by atoms with Crippen molar-refractivity contribution in [2.75, 3.05) is 6.61 Å². The summed E-state index contributed by atoms with van der Waals surface area (Å²) in [5.74, 6) is -0.0825. The average molecular weight is 351 g/mol. The van der Waals surface area contributed by atoms with Gasteiger partial charge in [0.25, 0.3) is 5.56 Å². The third kappa shape index (κ3) is 3.22. The van der Waals surface area contributed by atoms with Crippen molar-refractivity contribution in [2.45, 2.75) is 26.4 Å². The van der Waals surface area contributed by atoms with Crippen molar-refractivity contribution in [2.24, 2.45) is 0 Å². The molecule has 0 radical (unpaired) electrons. The standard InChI is InChI=1S/C19H17N3O4/c1-4-25-18(24)14-6-8-17(23)22(21-14)15-10-19(2,3)26-16-7-5-12(11-20)9-13(15)16/h5-10H,4H2,1-3H3. The fourth-order valence-corrected chi connectivity index (χ4v) is 2.68. The van der Waals surface area contributed by atoms with Crippen LogP contribution in [0.1, 0.15) is 42.4 Å². The molecule has 1 aromatic heterocycles. The van der Waals surface area contributed by atoms with Crippen LogP contribution >= 0.6 is 0 Å². The average Bonchev–Trinajstić information content (AvgIpc) is 2.60. The van der Waals surface area contributed by atoms with E-state index in [0.717, 1.165) is 4.68 Å². The Morgan fingerprint density at radius 3 is 2.81 bits per heavy atom. The Morgan fingerprint density at radius 2 is 2.12 bits per heavy atom. The molecule has 7 heteroatoms. The molecule has 2 aromatic rings. The molecule has 0 unspecified atom stereocenters. The van der Waals surface area contributed by atoms with Crippen LogP contribution in [0.15, 0.2) is 41.2 Å². The van der Waals surface area contributed by atoms with Crippen molar-refractivity contribution < 1.29 is 14.3 Å². The van der Waals surface area contributed by atoms with Crippen molar-refractivity contribution >= 4 is 11.7 Å². The molecule has 0 N–H and O–H groups in total. The lowest BCUT2D eigenvalue weighted by Gasteiger charge is -2.31. The van der Waals surface area contributed by atoms with Crippen LogP contribution < -0.4 is 10.3 Å². The van der Waals surface area contributed by atoms with Crippen LogP contribution in [0, 0.1) is 11.3 Å². The predicted octanol–water partition coefficient (Wildman–Crippen LogP) is 2.35. The van der Waals surface area contributed by atoms with E-state index in [1.165, 1.54) is 12.1 Å². The Hall–Kier alpha value is -3.40. The molecular weight excluding hydrogens is 334 g/mol. The number of nitriles is 1. The number of esters is 1. The normalized spacial score (nSPS) is 14.5. The lowest BCUT2D eigenvalue weighted by molar-refractivity contribution is 0.0517. The van der Waals surface area contributed by atoms with Gasteiger partial charge in [-0.3, -0.25) is 4.79 Å². The fraction of sp³-hybridized carbons (Fsp3) is 0.263. The molecule has 0 spiro atoms. The predicted molar refractivity (Wildman–Crippen MR) is 93.7 cm³/mol. The Labute approximate surface area is 150 Å². The van der Waals surface area contributed by atoms with E-state index >= 15 is 0 Å². The zero-order valence-electron chi connectivity index (χ0n) is 14.6. The molecule has 0 saturated heterocycles. The fourth-order valence-electron chi connectivity index (χ4n) is 2.68. The number of rotatable bonds is 3. The third-order valence-corrected chi connectivity index (χ3v) is 3.75. The Bertz CT molecular complexity index is 1010. The van der Waals surface area contributed by atoms with Gasteiger partial charge in [0.15, 0.2) is 5.69 Å². The van der Waals surface area contributed by atoms with E-state index in [4.69, 9.17) is 9.47 Å². The van der Waals surface area contributed by atoms with Crippen LogP contribution in [0.25, 0.3) is 5.70 Å². The van der Waals surface area contributed by atoms with Gasteiger partial charge < -0.3 is 9.47 Å². The topological polar surface area (TPSA) is 94.2 Å². The summed E-state index contributed by atoms with van der Waals surface area (Å²) in [7, 11) is 0. The maximum absolute atomic E-state index is 12.4. The minimum atomic E-state index is -0.697. The number of hydrogen-bond acceptors (Lipinski definition) is 6. The van der Waals surface area contributed by atoms with Gasteiger partial charge in [0.1, 0.15) is 11.4 Å². The molecule has 0 bridgehead atoms. The summed E-state index contributed by atoms with van der Waals surface area (Å²) in [5.41, 5.74) is 0.346. The second-order valence-electron chi connectivity index (χ2n) is 6.25. The van der Waals surface area contributed by atoms with E-state index in [9.17, 15) is 14.9 Å². The molecule has 0 atom stereocenters. The molecule has 0 fully saturated rings. The van der Waals surface area contributed by atoms with Gasteiger partial charge in [-0.1, -0.05) is 0 Å². The highest BCUT2D eigenvalue weighted by Crippen LogP contribution is 2.36. The first-order chi connectivity index (χ1) is 12.3. The van der Waals surface area contributed by atoms with E-state index in [1.54, 1.807) is 31.2 Å². The van der Waals surface area contributed by atoms with E-state index in [1.807, 2.05) is 13.8 Å². The van der Waals surface area contributed by atoms with E-state index in [2.05, 4.69) is 11.2 Å². The number of nitrogens with zero attached hydrogens (tertiary/aromatic N) is 3. The Balaban J connectivity index is 2.21. The van der Waals surface area contributed by atoms with Crippen molar-refractivity contribution in [3.05, 3.63) is 63.6 Å². The summed E-state index contributed by atoms with van der Waals surface area (Å²) in [6.07, 6.45) is 1.74. The first-order valence-corrected chi connectivity index (χ1v) is 8.09. The maximum atomic E-state index is 12.4. The van der Waals surface area contributed by atoms with Crippen LogP contribution in [0.5, 0.6) is 5.75 Å². The zero-order chi connectivity index (χ0) is 18.9. The summed E-state index contributed by atoms with van der Waals surface area (Å²) in [5, 5.41) is 13.3. The molecule has 1 aliphatic heterocycles. The molecule has 3 rings (SSSR count). The van der Waals surface area contributed by atoms with Gasteiger partial charge in [-0.25, -0.2) is 4.79 Å². The Morgan fingerprint density at radius 1 is 1.35 bits per heavy atom. The third-order valence-electron chi connectivity index (χ3n) is 3.75. The smallest absolute Gasteiger partial charge is 0.358 e. The van der Waals surface area contributed by atoms with Crippen molar-refractivity contribution in [1.29, 1.82) is 5.26 Å². The van der Waals surface area contributed by atoms with Gasteiger partial charge in [0, 0.05) is 11.6 Å². The molecule has 132 valence electrons. The van der Waals surface area contributed by atoms with Crippen LogP contribution in [0.3, 0.4) is 0 Å². The summed E-state index contributed by atoms with van der Waals surface area (Å²) in [6, 6.07) is 9.61. The lowest BCUT2D eigenvalue weighted by Crippen LogP contribution is -2.33. The van der Waals surface area contributed by atoms with Crippen LogP contribution in [-0.4, -0.2) is 28.0 Å². The van der Waals surface area contributed by atoms with E-state index in [-0.39, 0.29) is 12.3 Å². The number of hydrogen-bond donors (Lipinski definition) is 0. The van der Waals surface area contributed by atoms with Gasteiger partial charge in [-0.05, 0) is 51.1 Å². The van der Waals surface area contributed by atoms with Crippen molar-refractivity contribution in [1.82, 2.24) is 9.78 Å². The van der Waals surface area contributed by atoms with Crippen LogP contribution in [-0.2, 0) is 4.74 Å². The molecule has 7 nitrogen and oxygen atoms in total. The zero-order valence-corrected chi connectivity index (χ0v) is 14.6. The molecular formula is C19H17N3O4. The summed E-state index contributed by atoms with van der Waals surface area (Å²) in [6.45, 7) is 5.58. The first-order valence-electron chi connectivity index (χ1n) is 8.09. The lowest BCUT2D eigenvalue weighted by atomic mass is 9.98. The first kappa shape index (κ1) is 17.4. The van der Waals surface area contributed by atoms with Crippen molar-refractivity contribution in [3.8, 4) is 11.8 Å². The van der Waals surface area contributed by atoms with Gasteiger partial charge in [0.2, 0.25) is 0 Å². The van der Waals surface area contributed by atoms with E-state index < -0.39 is 17.1 Å². The highest BCUT2D eigenvalue weighted by Gasteiger charge is 2.29. The molecule has 0 aliphatic carbocycles. The van der Waals surface area contributed by atoms with Gasteiger partial charge in [0.05, 0.1) is 23.9 Å².